The molecule has 1 aromatic heterocycles. The lowest BCUT2D eigenvalue weighted by Gasteiger charge is -2.06. The highest BCUT2D eigenvalue weighted by molar-refractivity contribution is 5.93. The summed E-state index contributed by atoms with van der Waals surface area (Å²) in [6.07, 6.45) is 3.54. The van der Waals surface area contributed by atoms with Crippen LogP contribution in [-0.2, 0) is 6.42 Å². The third-order valence-corrected chi connectivity index (χ3v) is 2.11. The number of pyridine rings is 1. The molecule has 0 unspecified atom stereocenters. The van der Waals surface area contributed by atoms with Gasteiger partial charge in [-0.3, -0.25) is 9.78 Å². The molecule has 1 heterocycles. The Kier molecular flexibility index (Phi) is 3.63. The fraction of sp³-hybridized carbons (Fsp3) is 0.455. The predicted molar refractivity (Wildman–Crippen MR) is 55.9 cm³/mol. The lowest BCUT2D eigenvalue weighted by atomic mass is 10.0. The molecule has 0 saturated heterocycles. The van der Waals surface area contributed by atoms with Gasteiger partial charge in [0.15, 0.2) is 0 Å². The Morgan fingerprint density at radius 2 is 2.29 bits per heavy atom. The van der Waals surface area contributed by atoms with Crippen molar-refractivity contribution in [1.82, 2.24) is 4.98 Å². The zero-order chi connectivity index (χ0) is 10.6. The van der Waals surface area contributed by atoms with Crippen molar-refractivity contribution < 1.29 is 4.79 Å². The van der Waals surface area contributed by atoms with E-state index in [4.69, 9.17) is 5.73 Å². The van der Waals surface area contributed by atoms with E-state index >= 15 is 0 Å². The Labute approximate surface area is 84.3 Å². The van der Waals surface area contributed by atoms with E-state index in [2.05, 4.69) is 18.8 Å². The SMILES string of the molecule is CC(C)CCc1ncccc1C(N)=O. The molecule has 0 fully saturated rings. The summed E-state index contributed by atoms with van der Waals surface area (Å²) >= 11 is 0. The van der Waals surface area contributed by atoms with Crippen LogP contribution >= 0.6 is 0 Å². The Hall–Kier alpha value is -1.38. The summed E-state index contributed by atoms with van der Waals surface area (Å²) in [6, 6.07) is 3.46. The zero-order valence-corrected chi connectivity index (χ0v) is 8.66. The predicted octanol–water partition coefficient (Wildman–Crippen LogP) is 1.77. The monoisotopic (exact) mass is 192 g/mol. The van der Waals surface area contributed by atoms with Gasteiger partial charge in [0.25, 0.3) is 5.91 Å². The largest absolute Gasteiger partial charge is 0.366 e. The Morgan fingerprint density at radius 1 is 1.57 bits per heavy atom. The van der Waals surface area contributed by atoms with Crippen molar-refractivity contribution in [2.75, 3.05) is 0 Å². The van der Waals surface area contributed by atoms with Crippen LogP contribution < -0.4 is 5.73 Å². The van der Waals surface area contributed by atoms with E-state index in [1.807, 2.05) is 0 Å². The van der Waals surface area contributed by atoms with Gasteiger partial charge in [0.1, 0.15) is 0 Å². The summed E-state index contributed by atoms with van der Waals surface area (Å²) in [5, 5.41) is 0. The highest BCUT2D eigenvalue weighted by atomic mass is 16.1. The zero-order valence-electron chi connectivity index (χ0n) is 8.66. The standard InChI is InChI=1S/C11H16N2O/c1-8(2)5-6-10-9(11(12)14)4-3-7-13-10/h3-4,7-8H,5-6H2,1-2H3,(H2,12,14). The average molecular weight is 192 g/mol. The summed E-state index contributed by atoms with van der Waals surface area (Å²) in [6.45, 7) is 4.29. The van der Waals surface area contributed by atoms with E-state index in [9.17, 15) is 4.79 Å². The van der Waals surface area contributed by atoms with Crippen LogP contribution in [-0.4, -0.2) is 10.9 Å². The van der Waals surface area contributed by atoms with Gasteiger partial charge < -0.3 is 5.73 Å². The van der Waals surface area contributed by atoms with Gasteiger partial charge in [-0.05, 0) is 30.9 Å². The second kappa shape index (κ2) is 4.74. The number of carbonyl (C=O) groups excluding carboxylic acids is 1. The Balaban J connectivity index is 2.79. The maximum Gasteiger partial charge on any atom is 0.250 e. The minimum Gasteiger partial charge on any atom is -0.366 e. The van der Waals surface area contributed by atoms with E-state index in [0.717, 1.165) is 18.5 Å². The summed E-state index contributed by atoms with van der Waals surface area (Å²) < 4.78 is 0. The quantitative estimate of drug-likeness (QED) is 0.790. The lowest BCUT2D eigenvalue weighted by molar-refractivity contribution is 0.0999. The molecular formula is C11H16N2O. The normalized spacial score (nSPS) is 10.5. The molecule has 0 radical (unpaired) electrons. The number of hydrogen-bond donors (Lipinski definition) is 1. The number of nitrogens with zero attached hydrogens (tertiary/aromatic N) is 1. The Bertz CT molecular complexity index is 321. The van der Waals surface area contributed by atoms with Gasteiger partial charge in [-0.2, -0.15) is 0 Å². The molecule has 0 aliphatic rings. The van der Waals surface area contributed by atoms with Crippen LogP contribution in [0.15, 0.2) is 18.3 Å². The third kappa shape index (κ3) is 2.83. The van der Waals surface area contributed by atoms with Gasteiger partial charge in [0.2, 0.25) is 0 Å². The number of nitrogens with two attached hydrogens (primary N) is 1. The number of aromatic nitrogens is 1. The van der Waals surface area contributed by atoms with Crippen molar-refractivity contribution in [3.8, 4) is 0 Å². The first kappa shape index (κ1) is 10.7. The van der Waals surface area contributed by atoms with E-state index in [1.54, 1.807) is 18.3 Å². The van der Waals surface area contributed by atoms with Gasteiger partial charge in [-0.1, -0.05) is 13.8 Å². The van der Waals surface area contributed by atoms with Crippen LogP contribution in [0, 0.1) is 5.92 Å². The highest BCUT2D eigenvalue weighted by Crippen LogP contribution is 2.10. The summed E-state index contributed by atoms with van der Waals surface area (Å²) in [5.74, 6) is 0.217. The number of amides is 1. The van der Waals surface area contributed by atoms with E-state index in [0.29, 0.717) is 11.5 Å². The van der Waals surface area contributed by atoms with Crippen molar-refractivity contribution in [2.45, 2.75) is 26.7 Å². The summed E-state index contributed by atoms with van der Waals surface area (Å²) in [7, 11) is 0. The maximum absolute atomic E-state index is 11.0. The first-order valence-electron chi connectivity index (χ1n) is 4.85. The van der Waals surface area contributed by atoms with Gasteiger partial charge in [0.05, 0.1) is 11.3 Å². The molecule has 3 heteroatoms. The van der Waals surface area contributed by atoms with Crippen molar-refractivity contribution in [3.05, 3.63) is 29.6 Å². The molecule has 14 heavy (non-hydrogen) atoms. The molecule has 2 N–H and O–H groups in total. The molecule has 76 valence electrons. The lowest BCUT2D eigenvalue weighted by Crippen LogP contribution is -2.15. The second-order valence-corrected chi connectivity index (χ2v) is 3.79. The molecule has 0 aliphatic heterocycles. The molecule has 1 aromatic rings. The fourth-order valence-electron chi connectivity index (χ4n) is 1.29. The number of hydrogen-bond acceptors (Lipinski definition) is 2. The van der Waals surface area contributed by atoms with Crippen LogP contribution in [0.1, 0.15) is 36.3 Å². The van der Waals surface area contributed by atoms with Gasteiger partial charge in [0, 0.05) is 6.20 Å². The number of primary amides is 1. The highest BCUT2D eigenvalue weighted by Gasteiger charge is 2.08. The number of rotatable bonds is 4. The van der Waals surface area contributed by atoms with Crippen LogP contribution in [0.2, 0.25) is 0 Å². The first-order valence-corrected chi connectivity index (χ1v) is 4.85. The summed E-state index contributed by atoms with van der Waals surface area (Å²) in [5.41, 5.74) is 6.60. The van der Waals surface area contributed by atoms with E-state index < -0.39 is 5.91 Å². The van der Waals surface area contributed by atoms with Gasteiger partial charge >= 0.3 is 0 Å². The van der Waals surface area contributed by atoms with Crippen molar-refractivity contribution in [2.24, 2.45) is 11.7 Å². The molecule has 0 saturated carbocycles. The van der Waals surface area contributed by atoms with Gasteiger partial charge in [-0.25, -0.2) is 0 Å². The number of aryl methyl sites for hydroxylation is 1. The molecular weight excluding hydrogens is 176 g/mol. The molecule has 0 atom stereocenters. The molecule has 0 aromatic carbocycles. The molecule has 1 rings (SSSR count). The van der Waals surface area contributed by atoms with Gasteiger partial charge in [-0.15, -0.1) is 0 Å². The molecule has 0 bridgehead atoms. The number of carbonyl (C=O) groups is 1. The molecule has 0 spiro atoms. The first-order chi connectivity index (χ1) is 6.61. The van der Waals surface area contributed by atoms with Crippen LogP contribution in [0.4, 0.5) is 0 Å². The third-order valence-electron chi connectivity index (χ3n) is 2.11. The average Bonchev–Trinajstić information content (AvgIpc) is 2.15. The maximum atomic E-state index is 11.0. The van der Waals surface area contributed by atoms with Crippen molar-refractivity contribution >= 4 is 5.91 Å². The molecule has 1 amide bonds. The van der Waals surface area contributed by atoms with E-state index in [1.165, 1.54) is 0 Å². The minimum atomic E-state index is -0.392. The Morgan fingerprint density at radius 3 is 2.86 bits per heavy atom. The van der Waals surface area contributed by atoms with Crippen molar-refractivity contribution in [1.29, 1.82) is 0 Å². The van der Waals surface area contributed by atoms with E-state index in [-0.39, 0.29) is 0 Å². The topological polar surface area (TPSA) is 56.0 Å². The van der Waals surface area contributed by atoms with Crippen LogP contribution in [0.3, 0.4) is 0 Å². The second-order valence-electron chi connectivity index (χ2n) is 3.79. The van der Waals surface area contributed by atoms with Crippen LogP contribution in [0.5, 0.6) is 0 Å². The smallest absolute Gasteiger partial charge is 0.250 e. The minimum absolute atomic E-state index is 0.392. The van der Waals surface area contributed by atoms with Crippen molar-refractivity contribution in [3.63, 3.8) is 0 Å². The molecule has 3 nitrogen and oxygen atoms in total. The summed E-state index contributed by atoms with van der Waals surface area (Å²) in [4.78, 5) is 15.2. The van der Waals surface area contributed by atoms with Crippen LogP contribution in [0.25, 0.3) is 0 Å². The fourth-order valence-corrected chi connectivity index (χ4v) is 1.29. The molecule has 0 aliphatic carbocycles.